The van der Waals surface area contributed by atoms with Gasteiger partial charge in [-0.05, 0) is 77.5 Å². The maximum Gasteiger partial charge on any atom is 1.00 e. The van der Waals surface area contributed by atoms with Gasteiger partial charge < -0.3 is 19.7 Å². The molecule has 0 saturated carbocycles. The van der Waals surface area contributed by atoms with Gasteiger partial charge in [0.25, 0.3) is 16.0 Å². The molecule has 0 atom stereocenters. The van der Waals surface area contributed by atoms with Crippen molar-refractivity contribution < 1.29 is 99.7 Å². The summed E-state index contributed by atoms with van der Waals surface area (Å²) >= 11 is 0. The number of rotatable bonds is 9. The standard InChI is InChI=1S/C30H23N5O9S2.2Na/c1-44-26-17-22(33-32-20-7-11-23(12-8-20)45(38,39)40)10-14-25(26)34-35-28-27(46(41,42)43)16-19-15-21(9-13-24(19)29(28)36)31-30(37)18-5-3-2-4-6-18;;/h2-17,36H,1H3,(H,31,37)(H,38,39,40)(H,41,42,43);;/q;2*+1/p-2. The average molecular weight is 706 g/mol. The number of hydrogen-bond acceptors (Lipinski definition) is 12. The monoisotopic (exact) mass is 705 g/mol. The van der Waals surface area contributed by atoms with Crippen LogP contribution >= 0.6 is 0 Å². The first kappa shape index (κ1) is 38.9. The minimum absolute atomic E-state index is 0. The molecule has 0 aromatic heterocycles. The van der Waals surface area contributed by atoms with Crippen molar-refractivity contribution in [3.63, 3.8) is 0 Å². The predicted molar refractivity (Wildman–Crippen MR) is 163 cm³/mol. The second-order valence-electron chi connectivity index (χ2n) is 9.49. The summed E-state index contributed by atoms with van der Waals surface area (Å²) in [5.41, 5.74) is 0.639. The van der Waals surface area contributed by atoms with E-state index in [1.807, 2.05) is 0 Å². The third-order valence-electron chi connectivity index (χ3n) is 6.43. The summed E-state index contributed by atoms with van der Waals surface area (Å²) in [5, 5.41) is 32.1. The molecule has 0 heterocycles. The Hall–Kier alpha value is -3.55. The fourth-order valence-corrected chi connectivity index (χ4v) is 5.33. The van der Waals surface area contributed by atoms with E-state index in [2.05, 4.69) is 25.8 Å². The molecule has 0 aliphatic rings. The van der Waals surface area contributed by atoms with Crippen LogP contribution in [0, 0.1) is 0 Å². The van der Waals surface area contributed by atoms with E-state index in [-0.39, 0.29) is 98.4 Å². The molecule has 0 unspecified atom stereocenters. The van der Waals surface area contributed by atoms with Gasteiger partial charge in [-0.2, -0.15) is 18.6 Å². The third kappa shape index (κ3) is 9.32. The molecule has 0 radical (unpaired) electrons. The number of amides is 1. The Morgan fingerprint density at radius 2 is 1.44 bits per heavy atom. The molecule has 5 aromatic rings. The molecule has 5 rings (SSSR count). The van der Waals surface area contributed by atoms with Gasteiger partial charge in [-0.3, -0.25) is 9.35 Å². The summed E-state index contributed by atoms with van der Waals surface area (Å²) in [4.78, 5) is 11.3. The van der Waals surface area contributed by atoms with E-state index in [1.54, 1.807) is 30.3 Å². The van der Waals surface area contributed by atoms with Crippen LogP contribution in [-0.2, 0) is 20.2 Å². The fraction of sp³-hybridized carbons (Fsp3) is 0.0333. The minimum atomic E-state index is -4.95. The summed E-state index contributed by atoms with van der Waals surface area (Å²) in [6, 6.07) is 22.8. The van der Waals surface area contributed by atoms with Crippen molar-refractivity contribution in [2.45, 2.75) is 9.79 Å². The molecule has 0 aliphatic carbocycles. The predicted octanol–water partition coefficient (Wildman–Crippen LogP) is 0.164. The van der Waals surface area contributed by atoms with E-state index in [0.29, 0.717) is 5.56 Å². The number of methoxy groups -OCH3 is 1. The Bertz CT molecular complexity index is 2250. The van der Waals surface area contributed by atoms with Crippen molar-refractivity contribution in [2.75, 3.05) is 12.4 Å². The Balaban J connectivity index is 0.00000312. The number of carbonyl (C=O) groups is 1. The molecule has 0 spiro atoms. The van der Waals surface area contributed by atoms with E-state index in [1.165, 1.54) is 55.6 Å². The Morgan fingerprint density at radius 3 is 2.06 bits per heavy atom. The summed E-state index contributed by atoms with van der Waals surface area (Å²) < 4.78 is 73.1. The van der Waals surface area contributed by atoms with Gasteiger partial charge in [-0.1, -0.05) is 30.0 Å². The van der Waals surface area contributed by atoms with E-state index in [0.717, 1.165) is 18.2 Å². The van der Waals surface area contributed by atoms with Crippen molar-refractivity contribution in [1.29, 1.82) is 0 Å². The largest absolute Gasteiger partial charge is 1.00 e. The van der Waals surface area contributed by atoms with Gasteiger partial charge in [0.1, 0.15) is 26.5 Å². The van der Waals surface area contributed by atoms with Gasteiger partial charge in [0.15, 0.2) is 0 Å². The molecule has 18 heteroatoms. The molecule has 5 aromatic carbocycles. The molecule has 0 saturated heterocycles. The molecule has 0 aliphatic heterocycles. The Labute approximate surface area is 319 Å². The third-order valence-corrected chi connectivity index (χ3v) is 8.15. The van der Waals surface area contributed by atoms with E-state index < -0.39 is 47.4 Å². The summed E-state index contributed by atoms with van der Waals surface area (Å²) in [6.45, 7) is 0. The zero-order chi connectivity index (χ0) is 33.1. The first-order valence-electron chi connectivity index (χ1n) is 13.0. The maximum absolute atomic E-state index is 13.4. The molecule has 48 heavy (non-hydrogen) atoms. The molecule has 0 fully saturated rings. The number of fused-ring (bicyclic) bond motifs is 1. The number of azo groups is 2. The smallest absolute Gasteiger partial charge is 0.871 e. The molecule has 14 nitrogen and oxygen atoms in total. The molecular weight excluding hydrogens is 684 g/mol. The van der Waals surface area contributed by atoms with Crippen molar-refractivity contribution in [3.8, 4) is 11.5 Å². The summed E-state index contributed by atoms with van der Waals surface area (Å²) in [6.07, 6.45) is 0. The van der Waals surface area contributed by atoms with Crippen LogP contribution < -0.4 is 74.3 Å². The topological polar surface area (TPSA) is 222 Å². The molecule has 1 amide bonds. The van der Waals surface area contributed by atoms with Gasteiger partial charge in [-0.25, -0.2) is 8.42 Å². The van der Waals surface area contributed by atoms with Crippen molar-refractivity contribution in [2.24, 2.45) is 20.5 Å². The number of hydrogen-bond donors (Lipinski definition) is 2. The van der Waals surface area contributed by atoms with Crippen LogP contribution in [-0.4, -0.2) is 39.0 Å². The molecule has 2 N–H and O–H groups in total. The zero-order valence-electron chi connectivity index (χ0n) is 25.6. The van der Waals surface area contributed by atoms with Crippen LogP contribution in [0.4, 0.5) is 28.4 Å². The van der Waals surface area contributed by atoms with Gasteiger partial charge in [0, 0.05) is 17.3 Å². The first-order chi connectivity index (χ1) is 21.8. The summed E-state index contributed by atoms with van der Waals surface area (Å²) in [5.74, 6) is -1.14. The van der Waals surface area contributed by atoms with Crippen LogP contribution in [0.2, 0.25) is 0 Å². The van der Waals surface area contributed by atoms with Crippen LogP contribution in [0.5, 0.6) is 11.5 Å². The zero-order valence-corrected chi connectivity index (χ0v) is 31.2. The second kappa shape index (κ2) is 16.2. The second-order valence-corrected chi connectivity index (χ2v) is 12.3. The molecule has 234 valence electrons. The van der Waals surface area contributed by atoms with Crippen LogP contribution in [0.1, 0.15) is 10.4 Å². The number of carbonyl (C=O) groups excluding carboxylic acids is 1. The van der Waals surface area contributed by atoms with Crippen LogP contribution in [0.15, 0.2) is 127 Å². The number of ether oxygens (including phenoxy) is 1. The van der Waals surface area contributed by atoms with Gasteiger partial charge >= 0.3 is 59.1 Å². The van der Waals surface area contributed by atoms with Crippen molar-refractivity contribution in [3.05, 3.63) is 103 Å². The van der Waals surface area contributed by atoms with Gasteiger partial charge in [-0.15, -0.1) is 10.2 Å². The SMILES string of the molecule is COc1cc(N=Nc2ccc(S(=O)(=O)[O-])cc2)ccc1N=Nc1c(S(=O)(=O)O)cc2cc(NC(=O)c3ccccc3)ccc2c1[O-].[Na+].[Na+]. The van der Waals surface area contributed by atoms with Gasteiger partial charge in [0.05, 0.1) is 29.1 Å². The maximum atomic E-state index is 13.4. The Kier molecular flexibility index (Phi) is 13.2. The number of nitrogens with zero attached hydrogens (tertiary/aromatic N) is 4. The average Bonchev–Trinajstić information content (AvgIpc) is 3.03. The fourth-order valence-electron chi connectivity index (χ4n) is 4.21. The molecular formula is C30H21N5Na2O9S2. The number of anilines is 1. The summed E-state index contributed by atoms with van der Waals surface area (Å²) in [7, 11) is -8.23. The Morgan fingerprint density at radius 1 is 0.792 bits per heavy atom. The van der Waals surface area contributed by atoms with Crippen molar-refractivity contribution >= 4 is 65.4 Å². The normalized spacial score (nSPS) is 11.6. The van der Waals surface area contributed by atoms with E-state index in [4.69, 9.17) is 4.74 Å². The van der Waals surface area contributed by atoms with Crippen LogP contribution in [0.3, 0.4) is 0 Å². The minimum Gasteiger partial charge on any atom is -0.871 e. The quantitative estimate of drug-likeness (QED) is 0.121. The van der Waals surface area contributed by atoms with Gasteiger partial charge in [0.2, 0.25) is 0 Å². The molecule has 0 bridgehead atoms. The van der Waals surface area contributed by atoms with E-state index in [9.17, 15) is 35.8 Å². The number of nitrogens with one attached hydrogen (secondary N) is 1. The van der Waals surface area contributed by atoms with E-state index >= 15 is 0 Å². The van der Waals surface area contributed by atoms with Crippen LogP contribution in [0.25, 0.3) is 10.8 Å². The van der Waals surface area contributed by atoms with Crippen molar-refractivity contribution in [1.82, 2.24) is 0 Å². The first-order valence-corrected chi connectivity index (χ1v) is 15.9. The number of benzene rings is 5.